The van der Waals surface area contributed by atoms with Crippen molar-refractivity contribution in [1.82, 2.24) is 4.90 Å². The van der Waals surface area contributed by atoms with Crippen LogP contribution in [0.4, 0.5) is 0 Å². The molecule has 0 spiro atoms. The average Bonchev–Trinajstić information content (AvgIpc) is 2.38. The van der Waals surface area contributed by atoms with Crippen molar-refractivity contribution in [2.24, 2.45) is 0 Å². The smallest absolute Gasteiger partial charge is 0.119 e. The summed E-state index contributed by atoms with van der Waals surface area (Å²) in [7, 11) is 1.64. The third kappa shape index (κ3) is 5.06. The molecule has 0 aliphatic carbocycles. The van der Waals surface area contributed by atoms with E-state index in [9.17, 15) is 0 Å². The minimum Gasteiger partial charge on any atom is -0.497 e. The predicted octanol–water partition coefficient (Wildman–Crippen LogP) is 1.39. The Morgan fingerprint density at radius 3 is 2.29 bits per heavy atom. The van der Waals surface area contributed by atoms with Gasteiger partial charge in [-0.15, -0.1) is 0 Å². The molecule has 4 heteroatoms. The van der Waals surface area contributed by atoms with E-state index >= 15 is 0 Å². The number of methoxy groups -OCH3 is 1. The van der Waals surface area contributed by atoms with E-state index in [1.54, 1.807) is 7.11 Å². The van der Waals surface area contributed by atoms with Gasteiger partial charge in [0, 0.05) is 13.1 Å². The Labute approximate surface area is 103 Å². The first-order valence-corrected chi connectivity index (χ1v) is 5.90. The molecule has 96 valence electrons. The third-order valence-corrected chi connectivity index (χ3v) is 2.60. The second-order valence-electron chi connectivity index (χ2n) is 3.68. The van der Waals surface area contributed by atoms with Crippen molar-refractivity contribution in [2.45, 2.75) is 6.92 Å². The number of aliphatic hydroxyl groups is 1. The summed E-state index contributed by atoms with van der Waals surface area (Å²) in [5.74, 6) is 1.67. The summed E-state index contributed by atoms with van der Waals surface area (Å²) in [5.41, 5.74) is 0. The Morgan fingerprint density at radius 1 is 1.12 bits per heavy atom. The minimum atomic E-state index is 0.191. The standard InChI is InChI=1S/C13H21NO3/c1-3-14(8-10-15)9-11-17-13-6-4-12(16-2)5-7-13/h4-7,15H,3,8-11H2,1-2H3. The van der Waals surface area contributed by atoms with Gasteiger partial charge in [-0.25, -0.2) is 0 Å². The van der Waals surface area contributed by atoms with Crippen molar-refractivity contribution in [3.05, 3.63) is 24.3 Å². The molecule has 0 bridgehead atoms. The summed E-state index contributed by atoms with van der Waals surface area (Å²) in [6, 6.07) is 7.53. The summed E-state index contributed by atoms with van der Waals surface area (Å²) in [4.78, 5) is 2.14. The molecule has 0 amide bonds. The highest BCUT2D eigenvalue weighted by Crippen LogP contribution is 2.16. The number of hydrogen-bond acceptors (Lipinski definition) is 4. The summed E-state index contributed by atoms with van der Waals surface area (Å²) in [6.45, 7) is 5.33. The molecule has 0 aliphatic heterocycles. The minimum absolute atomic E-state index is 0.191. The topological polar surface area (TPSA) is 41.9 Å². The Hall–Kier alpha value is -1.26. The molecule has 0 aromatic heterocycles. The molecule has 0 fully saturated rings. The number of hydrogen-bond donors (Lipinski definition) is 1. The molecule has 1 aromatic carbocycles. The maximum Gasteiger partial charge on any atom is 0.119 e. The maximum absolute atomic E-state index is 8.85. The van der Waals surface area contributed by atoms with Gasteiger partial charge >= 0.3 is 0 Å². The summed E-state index contributed by atoms with van der Waals surface area (Å²) < 4.78 is 10.7. The lowest BCUT2D eigenvalue weighted by Gasteiger charge is -2.19. The Kier molecular flexibility index (Phi) is 6.43. The first kappa shape index (κ1) is 13.8. The number of benzene rings is 1. The summed E-state index contributed by atoms with van der Waals surface area (Å²) >= 11 is 0. The van der Waals surface area contributed by atoms with Gasteiger partial charge < -0.3 is 14.6 Å². The SMILES string of the molecule is CCN(CCO)CCOc1ccc(OC)cc1. The molecule has 0 saturated heterocycles. The van der Waals surface area contributed by atoms with E-state index in [0.717, 1.165) is 24.6 Å². The van der Waals surface area contributed by atoms with Crippen molar-refractivity contribution in [3.63, 3.8) is 0 Å². The maximum atomic E-state index is 8.85. The number of ether oxygens (including phenoxy) is 2. The normalized spacial score (nSPS) is 10.6. The highest BCUT2D eigenvalue weighted by molar-refractivity contribution is 5.31. The van der Waals surface area contributed by atoms with Crippen LogP contribution in [0.5, 0.6) is 11.5 Å². The monoisotopic (exact) mass is 239 g/mol. The van der Waals surface area contributed by atoms with E-state index in [1.165, 1.54) is 0 Å². The summed E-state index contributed by atoms with van der Waals surface area (Å²) in [6.07, 6.45) is 0. The lowest BCUT2D eigenvalue weighted by atomic mass is 10.3. The second-order valence-corrected chi connectivity index (χ2v) is 3.68. The zero-order chi connectivity index (χ0) is 12.5. The van der Waals surface area contributed by atoms with E-state index in [0.29, 0.717) is 13.2 Å². The van der Waals surface area contributed by atoms with Crippen LogP contribution in [0.2, 0.25) is 0 Å². The van der Waals surface area contributed by atoms with Gasteiger partial charge in [0.1, 0.15) is 18.1 Å². The van der Waals surface area contributed by atoms with Gasteiger partial charge in [0.15, 0.2) is 0 Å². The van der Waals surface area contributed by atoms with Crippen molar-refractivity contribution in [3.8, 4) is 11.5 Å². The highest BCUT2D eigenvalue weighted by atomic mass is 16.5. The van der Waals surface area contributed by atoms with Crippen LogP contribution in [-0.4, -0.2) is 50.0 Å². The fraction of sp³-hybridized carbons (Fsp3) is 0.538. The number of aliphatic hydroxyl groups excluding tert-OH is 1. The largest absolute Gasteiger partial charge is 0.497 e. The van der Waals surface area contributed by atoms with Crippen molar-refractivity contribution >= 4 is 0 Å². The van der Waals surface area contributed by atoms with Crippen LogP contribution in [0, 0.1) is 0 Å². The van der Waals surface area contributed by atoms with Crippen LogP contribution in [0.15, 0.2) is 24.3 Å². The van der Waals surface area contributed by atoms with E-state index < -0.39 is 0 Å². The quantitative estimate of drug-likeness (QED) is 0.744. The first-order valence-electron chi connectivity index (χ1n) is 5.90. The lowest BCUT2D eigenvalue weighted by Crippen LogP contribution is -2.30. The molecule has 1 aromatic rings. The molecule has 17 heavy (non-hydrogen) atoms. The first-order chi connectivity index (χ1) is 8.30. The number of nitrogens with zero attached hydrogens (tertiary/aromatic N) is 1. The van der Waals surface area contributed by atoms with Crippen LogP contribution in [0.1, 0.15) is 6.92 Å². The number of rotatable bonds is 8. The Balaban J connectivity index is 2.29. The van der Waals surface area contributed by atoms with Gasteiger partial charge in [0.2, 0.25) is 0 Å². The molecule has 0 heterocycles. The zero-order valence-electron chi connectivity index (χ0n) is 10.6. The lowest BCUT2D eigenvalue weighted by molar-refractivity contribution is 0.174. The van der Waals surface area contributed by atoms with Gasteiger partial charge in [-0.3, -0.25) is 4.90 Å². The van der Waals surface area contributed by atoms with Gasteiger partial charge in [0.05, 0.1) is 13.7 Å². The third-order valence-electron chi connectivity index (χ3n) is 2.60. The zero-order valence-corrected chi connectivity index (χ0v) is 10.6. The van der Waals surface area contributed by atoms with Gasteiger partial charge in [-0.1, -0.05) is 6.92 Å². The van der Waals surface area contributed by atoms with E-state index in [-0.39, 0.29) is 6.61 Å². The average molecular weight is 239 g/mol. The Morgan fingerprint density at radius 2 is 1.76 bits per heavy atom. The predicted molar refractivity (Wildman–Crippen MR) is 67.7 cm³/mol. The fourth-order valence-electron chi connectivity index (χ4n) is 1.53. The van der Waals surface area contributed by atoms with Gasteiger partial charge in [0.25, 0.3) is 0 Å². The van der Waals surface area contributed by atoms with Gasteiger partial charge in [-0.05, 0) is 30.8 Å². The molecule has 0 radical (unpaired) electrons. The molecule has 1 N–H and O–H groups in total. The molecular formula is C13H21NO3. The fourth-order valence-corrected chi connectivity index (χ4v) is 1.53. The second kappa shape index (κ2) is 7.92. The molecule has 0 aliphatic rings. The van der Waals surface area contributed by atoms with E-state index in [4.69, 9.17) is 14.6 Å². The summed E-state index contributed by atoms with van der Waals surface area (Å²) in [5, 5.41) is 8.85. The van der Waals surface area contributed by atoms with Crippen LogP contribution in [-0.2, 0) is 0 Å². The van der Waals surface area contributed by atoms with Crippen LogP contribution >= 0.6 is 0 Å². The van der Waals surface area contributed by atoms with Crippen LogP contribution in [0.25, 0.3) is 0 Å². The van der Waals surface area contributed by atoms with Crippen LogP contribution < -0.4 is 9.47 Å². The molecule has 0 atom stereocenters. The van der Waals surface area contributed by atoms with Crippen molar-refractivity contribution in [1.29, 1.82) is 0 Å². The Bertz CT molecular complexity index is 300. The molecule has 0 saturated carbocycles. The molecule has 0 unspecified atom stereocenters. The van der Waals surface area contributed by atoms with Crippen molar-refractivity contribution in [2.75, 3.05) is 40.0 Å². The number of likely N-dealkylation sites (N-methyl/N-ethyl adjacent to an activating group) is 1. The molecular weight excluding hydrogens is 218 g/mol. The van der Waals surface area contributed by atoms with Crippen molar-refractivity contribution < 1.29 is 14.6 Å². The van der Waals surface area contributed by atoms with Gasteiger partial charge in [-0.2, -0.15) is 0 Å². The highest BCUT2D eigenvalue weighted by Gasteiger charge is 2.01. The van der Waals surface area contributed by atoms with Crippen LogP contribution in [0.3, 0.4) is 0 Å². The van der Waals surface area contributed by atoms with E-state index in [2.05, 4.69) is 11.8 Å². The molecule has 1 rings (SSSR count). The van der Waals surface area contributed by atoms with E-state index in [1.807, 2.05) is 24.3 Å². The molecule has 4 nitrogen and oxygen atoms in total.